The topological polar surface area (TPSA) is 32.8 Å². The fourth-order valence-electron chi connectivity index (χ4n) is 10.2. The van der Waals surface area contributed by atoms with Crippen molar-refractivity contribution in [3.8, 4) is 22.3 Å². The smallest absolute Gasteiger partial charge is 0.179 e. The van der Waals surface area contributed by atoms with E-state index in [1.54, 1.807) is 60.7 Å². The van der Waals surface area contributed by atoms with Crippen molar-refractivity contribution in [3.63, 3.8) is 0 Å². The van der Waals surface area contributed by atoms with Gasteiger partial charge in [-0.05, 0) is 157 Å². The molecule has 13 rings (SSSR count). The highest BCUT2D eigenvalue weighted by atomic mass is 16.4. The minimum Gasteiger partial charge on any atom is -0.452 e. The zero-order valence-electron chi connectivity index (χ0n) is 47.0. The molecule has 0 saturated carbocycles. The van der Waals surface area contributed by atoms with Gasteiger partial charge in [-0.25, -0.2) is 0 Å². The molecule has 13 aromatic rings. The largest absolute Gasteiger partial charge is 0.452 e. The standard InChI is InChI=1S/C66H48N2O2/c1-41-15-25-51(26-16-41)67(52-27-17-42(2)18-28-52)55-33-23-47-37-57-59(39-49(47)35-55)69-65-63(57)61(45-11-7-5-8-12-45)62(46-13-9-6-10-14-46)64-58-38-48-24-34-56(36-50(48)40-60(58)70-66(64)65)68(53-29-19-43(3)20-30-53)54-31-21-44(4)22-32-54/h5-40H,1-4H3/i1D3,2D3,3D3. The van der Waals surface area contributed by atoms with Crippen LogP contribution >= 0.6 is 0 Å². The second kappa shape index (κ2) is 16.4. The molecule has 0 fully saturated rings. The van der Waals surface area contributed by atoms with E-state index in [4.69, 9.17) is 21.2 Å². The molecule has 4 heteroatoms. The zero-order chi connectivity index (χ0) is 54.5. The summed E-state index contributed by atoms with van der Waals surface area (Å²) in [5.41, 5.74) is 13.2. The Morgan fingerprint density at radius 1 is 0.329 bits per heavy atom. The van der Waals surface area contributed by atoms with Crippen molar-refractivity contribution >= 4 is 99.5 Å². The molecule has 11 aromatic carbocycles. The van der Waals surface area contributed by atoms with E-state index in [1.165, 1.54) is 0 Å². The number of hydrogen-bond donors (Lipinski definition) is 0. The summed E-state index contributed by atoms with van der Waals surface area (Å²) in [5, 5.41) is 7.45. The molecular weight excluding hydrogens is 853 g/mol. The van der Waals surface area contributed by atoms with Gasteiger partial charge in [0.1, 0.15) is 11.2 Å². The monoisotopic (exact) mass is 909 g/mol. The van der Waals surface area contributed by atoms with Gasteiger partial charge in [0.2, 0.25) is 0 Å². The number of anilines is 6. The minimum atomic E-state index is -2.29. The van der Waals surface area contributed by atoms with E-state index in [0.717, 1.165) is 93.7 Å². The number of fused-ring (bicyclic) bond motifs is 9. The van der Waals surface area contributed by atoms with Crippen LogP contribution in [0.25, 0.3) is 87.7 Å². The number of rotatable bonds is 8. The fourth-order valence-corrected chi connectivity index (χ4v) is 10.2. The molecule has 0 spiro atoms. The normalized spacial score (nSPS) is 14.2. The third kappa shape index (κ3) is 6.99. The third-order valence-electron chi connectivity index (χ3n) is 13.5. The number of furan rings is 2. The summed E-state index contributed by atoms with van der Waals surface area (Å²) in [5.74, 6) is 0. The maximum absolute atomic E-state index is 8.01. The van der Waals surface area contributed by atoms with Gasteiger partial charge in [-0.15, -0.1) is 0 Å². The summed E-state index contributed by atoms with van der Waals surface area (Å²) >= 11 is 0. The van der Waals surface area contributed by atoms with E-state index in [9.17, 15) is 0 Å². The molecule has 0 radical (unpaired) electrons. The van der Waals surface area contributed by atoms with Crippen molar-refractivity contribution in [1.82, 2.24) is 0 Å². The summed E-state index contributed by atoms with van der Waals surface area (Å²) in [6.07, 6.45) is 0. The highest BCUT2D eigenvalue weighted by Crippen LogP contribution is 2.52. The zero-order valence-corrected chi connectivity index (χ0v) is 38.0. The third-order valence-corrected chi connectivity index (χ3v) is 13.5. The molecule has 0 saturated heterocycles. The second-order valence-corrected chi connectivity index (χ2v) is 18.0. The molecule has 4 nitrogen and oxygen atoms in total. The first-order valence-electron chi connectivity index (χ1n) is 27.8. The van der Waals surface area contributed by atoms with Crippen molar-refractivity contribution in [1.29, 1.82) is 0 Å². The quantitative estimate of drug-likeness (QED) is 0.152. The first-order chi connectivity index (χ1) is 37.9. The summed E-state index contributed by atoms with van der Waals surface area (Å²) in [6.45, 7) is -4.75. The molecule has 0 aliphatic heterocycles. The molecule has 0 amide bonds. The Bertz CT molecular complexity index is 4410. The van der Waals surface area contributed by atoms with E-state index in [-0.39, 0.29) is 16.7 Å². The van der Waals surface area contributed by atoms with Crippen molar-refractivity contribution in [2.45, 2.75) is 27.5 Å². The summed E-state index contributed by atoms with van der Waals surface area (Å²) in [4.78, 5) is 4.12. The molecule has 0 atom stereocenters. The lowest BCUT2D eigenvalue weighted by Gasteiger charge is -2.26. The highest BCUT2D eigenvalue weighted by Gasteiger charge is 2.27. The van der Waals surface area contributed by atoms with Crippen LogP contribution in [0.5, 0.6) is 0 Å². The van der Waals surface area contributed by atoms with Gasteiger partial charge < -0.3 is 18.6 Å². The summed E-state index contributed by atoms with van der Waals surface area (Å²) < 4.78 is 86.4. The van der Waals surface area contributed by atoms with Crippen molar-refractivity contribution in [2.24, 2.45) is 0 Å². The van der Waals surface area contributed by atoms with Gasteiger partial charge in [0.25, 0.3) is 0 Å². The minimum absolute atomic E-state index is 0.213. The lowest BCUT2D eigenvalue weighted by atomic mass is 9.87. The van der Waals surface area contributed by atoms with E-state index in [2.05, 4.69) is 139 Å². The molecule has 0 unspecified atom stereocenters. The molecule has 0 bridgehead atoms. The summed E-state index contributed by atoms with van der Waals surface area (Å²) in [6, 6.07) is 70.7. The van der Waals surface area contributed by atoms with Crippen LogP contribution in [0, 0.1) is 27.5 Å². The number of nitrogens with zero attached hydrogens (tertiary/aromatic N) is 2. The van der Waals surface area contributed by atoms with Crippen LogP contribution in [0.3, 0.4) is 0 Å². The van der Waals surface area contributed by atoms with Crippen LogP contribution in [0.1, 0.15) is 34.6 Å². The first-order valence-corrected chi connectivity index (χ1v) is 23.3. The molecule has 334 valence electrons. The molecular formula is C66H48N2O2. The van der Waals surface area contributed by atoms with E-state index >= 15 is 0 Å². The predicted molar refractivity (Wildman–Crippen MR) is 295 cm³/mol. The second-order valence-electron chi connectivity index (χ2n) is 18.0. The Morgan fingerprint density at radius 2 is 0.671 bits per heavy atom. The van der Waals surface area contributed by atoms with Gasteiger partial charge in [0.05, 0.1) is 0 Å². The molecule has 0 N–H and O–H groups in total. The average molecular weight is 910 g/mol. The van der Waals surface area contributed by atoms with Crippen LogP contribution in [0.15, 0.2) is 227 Å². The Labute approximate surface area is 419 Å². The van der Waals surface area contributed by atoms with Gasteiger partial charge in [-0.2, -0.15) is 0 Å². The van der Waals surface area contributed by atoms with Crippen LogP contribution in [0.2, 0.25) is 0 Å². The van der Waals surface area contributed by atoms with E-state index in [1.807, 2.05) is 35.2 Å². The SMILES string of the molecule is [2H]C([2H])([2H])c1ccc(N(c2ccc(C)cc2)c2ccc3cc4c(cc3c2)oc2c3oc5cc6cc(N(c7ccc(C([2H])([2H])[2H])cc7)c7ccc(C([2H])([2H])[2H])cc7)ccc6cc5c3c(-c3ccccc3)c(-c3ccccc3)c42)cc1. The van der Waals surface area contributed by atoms with Crippen LogP contribution in [-0.4, -0.2) is 0 Å². The molecule has 2 aromatic heterocycles. The van der Waals surface area contributed by atoms with Crippen LogP contribution in [0.4, 0.5) is 34.1 Å². The van der Waals surface area contributed by atoms with Gasteiger partial charge in [0.15, 0.2) is 11.2 Å². The maximum Gasteiger partial charge on any atom is 0.179 e. The molecule has 0 aliphatic carbocycles. The summed E-state index contributed by atoms with van der Waals surface area (Å²) in [7, 11) is 0. The molecule has 70 heavy (non-hydrogen) atoms. The van der Waals surface area contributed by atoms with Gasteiger partial charge in [-0.3, -0.25) is 0 Å². The maximum atomic E-state index is 8.01. The molecule has 0 aliphatic rings. The average Bonchev–Trinajstić information content (AvgIpc) is 3.44. The van der Waals surface area contributed by atoms with E-state index in [0.29, 0.717) is 33.7 Å². The van der Waals surface area contributed by atoms with Gasteiger partial charge in [-0.1, -0.05) is 144 Å². The number of benzene rings is 11. The van der Waals surface area contributed by atoms with E-state index < -0.39 is 20.6 Å². The molecule has 2 heterocycles. The van der Waals surface area contributed by atoms with Crippen molar-refractivity contribution in [2.75, 3.05) is 9.80 Å². The number of hydrogen-bond acceptors (Lipinski definition) is 4. The predicted octanol–water partition coefficient (Wildman–Crippen LogP) is 19.3. The van der Waals surface area contributed by atoms with Gasteiger partial charge in [0, 0.05) is 79.1 Å². The fraction of sp³-hybridized carbons (Fsp3) is 0.0606. The lowest BCUT2D eigenvalue weighted by Crippen LogP contribution is -2.09. The Hall–Kier alpha value is -8.86. The highest BCUT2D eigenvalue weighted by molar-refractivity contribution is 6.31. The van der Waals surface area contributed by atoms with Crippen LogP contribution < -0.4 is 9.80 Å². The van der Waals surface area contributed by atoms with Crippen LogP contribution in [-0.2, 0) is 0 Å². The van der Waals surface area contributed by atoms with Crippen molar-refractivity contribution in [3.05, 3.63) is 241 Å². The van der Waals surface area contributed by atoms with Gasteiger partial charge >= 0.3 is 0 Å². The Balaban J connectivity index is 1.03. The first kappa shape index (κ1) is 32.8. The van der Waals surface area contributed by atoms with Crippen molar-refractivity contribution < 1.29 is 21.2 Å². The number of aryl methyl sites for hydroxylation is 4. The Morgan fingerprint density at radius 3 is 1.03 bits per heavy atom. The Kier molecular flexibility index (Phi) is 7.69. The lowest BCUT2D eigenvalue weighted by molar-refractivity contribution is 0.634.